The standard InChI is InChI=1S/C13H17ClN2O3S/c1-2-9(10-3-4-11(14)20-10)15-13(19)16-6-5-8(7-16)12(17)18/h3-4,8-9H,2,5-7H2,1H3,(H,15,19)(H,17,18). The minimum atomic E-state index is -0.836. The van der Waals surface area contributed by atoms with E-state index in [1.54, 1.807) is 4.90 Å². The van der Waals surface area contributed by atoms with Gasteiger partial charge in [0.2, 0.25) is 0 Å². The van der Waals surface area contributed by atoms with Gasteiger partial charge in [-0.05, 0) is 25.0 Å². The van der Waals surface area contributed by atoms with Crippen molar-refractivity contribution in [3.05, 3.63) is 21.3 Å². The van der Waals surface area contributed by atoms with Crippen LogP contribution in [0.15, 0.2) is 12.1 Å². The minimum absolute atomic E-state index is 0.0797. The number of hydrogen-bond acceptors (Lipinski definition) is 3. The molecule has 2 heterocycles. The molecule has 2 rings (SSSR count). The molecule has 1 aromatic rings. The van der Waals surface area contributed by atoms with Crippen LogP contribution in [0.4, 0.5) is 4.79 Å². The fraction of sp³-hybridized carbons (Fsp3) is 0.538. The second kappa shape index (κ2) is 6.45. The summed E-state index contributed by atoms with van der Waals surface area (Å²) in [7, 11) is 0. The molecular formula is C13H17ClN2O3S. The molecule has 7 heteroatoms. The zero-order chi connectivity index (χ0) is 14.7. The Hall–Kier alpha value is -1.27. The molecule has 0 bridgehead atoms. The summed E-state index contributed by atoms with van der Waals surface area (Å²) in [5.74, 6) is -1.28. The number of likely N-dealkylation sites (tertiary alicyclic amines) is 1. The van der Waals surface area contributed by atoms with Crippen LogP contribution in [0.5, 0.6) is 0 Å². The predicted molar refractivity (Wildman–Crippen MR) is 78.2 cm³/mol. The lowest BCUT2D eigenvalue weighted by Gasteiger charge is -2.21. The van der Waals surface area contributed by atoms with Crippen LogP contribution in [0.1, 0.15) is 30.7 Å². The Bertz CT molecular complexity index is 506. The second-order valence-electron chi connectivity index (χ2n) is 4.82. The first-order valence-electron chi connectivity index (χ1n) is 6.54. The number of carboxylic acids is 1. The number of carbonyl (C=O) groups is 2. The number of nitrogens with zero attached hydrogens (tertiary/aromatic N) is 1. The predicted octanol–water partition coefficient (Wildman–Crippen LogP) is 2.97. The Morgan fingerprint density at radius 3 is 2.85 bits per heavy atom. The quantitative estimate of drug-likeness (QED) is 0.897. The molecule has 20 heavy (non-hydrogen) atoms. The van der Waals surface area contributed by atoms with Gasteiger partial charge >= 0.3 is 12.0 Å². The molecule has 1 fully saturated rings. The Kier molecular flexibility index (Phi) is 4.88. The molecule has 2 atom stereocenters. The van der Waals surface area contributed by atoms with Crippen LogP contribution in [0.3, 0.4) is 0 Å². The molecule has 0 aliphatic carbocycles. The topological polar surface area (TPSA) is 69.6 Å². The first kappa shape index (κ1) is 15.1. The first-order valence-corrected chi connectivity index (χ1v) is 7.74. The van der Waals surface area contributed by atoms with E-state index in [4.69, 9.17) is 16.7 Å². The van der Waals surface area contributed by atoms with Gasteiger partial charge in [-0.25, -0.2) is 4.79 Å². The van der Waals surface area contributed by atoms with Crippen LogP contribution >= 0.6 is 22.9 Å². The Morgan fingerprint density at radius 2 is 2.35 bits per heavy atom. The number of halogens is 1. The van der Waals surface area contributed by atoms with E-state index in [0.717, 1.165) is 11.3 Å². The van der Waals surface area contributed by atoms with Crippen LogP contribution in [0.2, 0.25) is 4.34 Å². The van der Waals surface area contributed by atoms with Crippen molar-refractivity contribution in [3.63, 3.8) is 0 Å². The van der Waals surface area contributed by atoms with E-state index in [1.165, 1.54) is 11.3 Å². The number of thiophene rings is 1. The molecule has 0 aromatic carbocycles. The summed E-state index contributed by atoms with van der Waals surface area (Å²) in [6, 6.07) is 3.44. The average molecular weight is 317 g/mol. The summed E-state index contributed by atoms with van der Waals surface area (Å²) in [6.45, 7) is 2.76. The van der Waals surface area contributed by atoms with Gasteiger partial charge in [0.05, 0.1) is 16.3 Å². The number of aliphatic carboxylic acids is 1. The molecule has 0 radical (unpaired) electrons. The van der Waals surface area contributed by atoms with Crippen LogP contribution in [-0.4, -0.2) is 35.1 Å². The number of carbonyl (C=O) groups excluding carboxylic acids is 1. The third-order valence-corrected chi connectivity index (χ3v) is 4.81. The van der Waals surface area contributed by atoms with Crippen molar-refractivity contribution in [3.8, 4) is 0 Å². The van der Waals surface area contributed by atoms with Gasteiger partial charge in [0, 0.05) is 18.0 Å². The van der Waals surface area contributed by atoms with Gasteiger partial charge < -0.3 is 15.3 Å². The molecule has 1 aromatic heterocycles. The Morgan fingerprint density at radius 1 is 1.60 bits per heavy atom. The molecular weight excluding hydrogens is 300 g/mol. The van der Waals surface area contributed by atoms with E-state index in [2.05, 4.69) is 5.32 Å². The van der Waals surface area contributed by atoms with Gasteiger partial charge in [0.25, 0.3) is 0 Å². The number of rotatable bonds is 4. The van der Waals surface area contributed by atoms with Crippen molar-refractivity contribution in [1.82, 2.24) is 10.2 Å². The highest BCUT2D eigenvalue weighted by Crippen LogP contribution is 2.29. The maximum Gasteiger partial charge on any atom is 0.317 e. The van der Waals surface area contributed by atoms with Gasteiger partial charge in [-0.1, -0.05) is 18.5 Å². The molecule has 1 aliphatic heterocycles. The number of hydrogen-bond donors (Lipinski definition) is 2. The summed E-state index contributed by atoms with van der Waals surface area (Å²) in [6.07, 6.45) is 1.28. The SMILES string of the molecule is CCC(NC(=O)N1CCC(C(=O)O)C1)c1ccc(Cl)s1. The van der Waals surface area contributed by atoms with Crippen molar-refractivity contribution >= 4 is 34.9 Å². The maximum absolute atomic E-state index is 12.2. The van der Waals surface area contributed by atoms with E-state index in [0.29, 0.717) is 17.3 Å². The van der Waals surface area contributed by atoms with E-state index in [1.807, 2.05) is 19.1 Å². The second-order valence-corrected chi connectivity index (χ2v) is 6.57. The highest BCUT2D eigenvalue weighted by molar-refractivity contribution is 7.16. The summed E-state index contributed by atoms with van der Waals surface area (Å²) >= 11 is 7.36. The highest BCUT2D eigenvalue weighted by Gasteiger charge is 2.31. The van der Waals surface area contributed by atoms with Crippen molar-refractivity contribution in [2.24, 2.45) is 5.92 Å². The lowest BCUT2D eigenvalue weighted by atomic mass is 10.1. The lowest BCUT2D eigenvalue weighted by Crippen LogP contribution is -2.40. The first-order chi connectivity index (χ1) is 9.51. The van der Waals surface area contributed by atoms with Gasteiger partial charge in [-0.3, -0.25) is 4.79 Å². The number of nitrogens with one attached hydrogen (secondary N) is 1. The smallest absolute Gasteiger partial charge is 0.317 e. The Balaban J connectivity index is 1.95. The molecule has 0 saturated carbocycles. The molecule has 0 spiro atoms. The molecule has 2 unspecified atom stereocenters. The molecule has 2 amide bonds. The third kappa shape index (κ3) is 3.43. The number of amides is 2. The molecule has 1 saturated heterocycles. The van der Waals surface area contributed by atoms with Crippen molar-refractivity contribution in [2.75, 3.05) is 13.1 Å². The summed E-state index contributed by atoms with van der Waals surface area (Å²) < 4.78 is 0.694. The van der Waals surface area contributed by atoms with Gasteiger partial charge in [-0.2, -0.15) is 0 Å². The van der Waals surface area contributed by atoms with Crippen LogP contribution in [0, 0.1) is 5.92 Å². The van der Waals surface area contributed by atoms with Gasteiger partial charge in [-0.15, -0.1) is 11.3 Å². The minimum Gasteiger partial charge on any atom is -0.481 e. The van der Waals surface area contributed by atoms with Gasteiger partial charge in [0.1, 0.15) is 0 Å². The zero-order valence-electron chi connectivity index (χ0n) is 11.1. The van der Waals surface area contributed by atoms with E-state index < -0.39 is 11.9 Å². The van der Waals surface area contributed by atoms with Crippen molar-refractivity contribution < 1.29 is 14.7 Å². The monoisotopic (exact) mass is 316 g/mol. The fourth-order valence-electron chi connectivity index (χ4n) is 2.28. The fourth-order valence-corrected chi connectivity index (χ4v) is 3.47. The number of carboxylic acid groups (broad SMARTS) is 1. The number of urea groups is 1. The molecule has 2 N–H and O–H groups in total. The van der Waals surface area contributed by atoms with Crippen molar-refractivity contribution in [1.29, 1.82) is 0 Å². The van der Waals surface area contributed by atoms with Gasteiger partial charge in [0.15, 0.2) is 0 Å². The van der Waals surface area contributed by atoms with Crippen LogP contribution in [0.25, 0.3) is 0 Å². The highest BCUT2D eigenvalue weighted by atomic mass is 35.5. The summed E-state index contributed by atoms with van der Waals surface area (Å²) in [4.78, 5) is 25.6. The Labute approximate surface area is 126 Å². The maximum atomic E-state index is 12.2. The van der Waals surface area contributed by atoms with E-state index in [-0.39, 0.29) is 18.6 Å². The third-order valence-electron chi connectivity index (χ3n) is 3.47. The largest absolute Gasteiger partial charge is 0.481 e. The summed E-state index contributed by atoms with van der Waals surface area (Å²) in [5, 5.41) is 11.9. The summed E-state index contributed by atoms with van der Waals surface area (Å²) in [5.41, 5.74) is 0. The zero-order valence-corrected chi connectivity index (χ0v) is 12.7. The average Bonchev–Trinajstić information content (AvgIpc) is 3.04. The molecule has 110 valence electrons. The van der Waals surface area contributed by atoms with Crippen molar-refractivity contribution in [2.45, 2.75) is 25.8 Å². The molecule has 1 aliphatic rings. The van der Waals surface area contributed by atoms with Crippen LogP contribution < -0.4 is 5.32 Å². The molecule has 5 nitrogen and oxygen atoms in total. The van der Waals surface area contributed by atoms with E-state index in [9.17, 15) is 9.59 Å². The van der Waals surface area contributed by atoms with E-state index >= 15 is 0 Å². The van der Waals surface area contributed by atoms with Crippen LogP contribution in [-0.2, 0) is 4.79 Å². The normalized spacial score (nSPS) is 19.9. The lowest BCUT2D eigenvalue weighted by molar-refractivity contribution is -0.141.